The summed E-state index contributed by atoms with van der Waals surface area (Å²) in [6, 6.07) is 2.42. The van der Waals surface area contributed by atoms with Gasteiger partial charge in [0.15, 0.2) is 0 Å². The van der Waals surface area contributed by atoms with Crippen molar-refractivity contribution in [2.24, 2.45) is 7.05 Å². The number of nitrogens with zero attached hydrogens (tertiary/aromatic N) is 4. The van der Waals surface area contributed by atoms with E-state index in [9.17, 15) is 5.11 Å². The van der Waals surface area contributed by atoms with E-state index in [0.717, 1.165) is 53.1 Å². The highest BCUT2D eigenvalue weighted by Crippen LogP contribution is 2.29. The molecule has 6 nitrogen and oxygen atoms in total. The molecule has 0 saturated heterocycles. The fraction of sp³-hybridized carbons (Fsp3) is 0.471. The fourth-order valence-corrected chi connectivity index (χ4v) is 4.03. The Morgan fingerprint density at radius 1 is 1.29 bits per heavy atom. The number of rotatable bonds is 4. The summed E-state index contributed by atoms with van der Waals surface area (Å²) in [5, 5.41) is 19.5. The van der Waals surface area contributed by atoms with E-state index in [2.05, 4.69) is 20.8 Å². The van der Waals surface area contributed by atoms with Gasteiger partial charge in [-0.15, -0.1) is 11.3 Å². The largest absolute Gasteiger partial charge is 0.393 e. The maximum absolute atomic E-state index is 9.68. The molecule has 1 aliphatic carbocycles. The van der Waals surface area contributed by atoms with E-state index >= 15 is 0 Å². The number of thiophene rings is 1. The Labute approximate surface area is 144 Å². The van der Waals surface area contributed by atoms with Gasteiger partial charge in [0.05, 0.1) is 22.5 Å². The monoisotopic (exact) mass is 343 g/mol. The van der Waals surface area contributed by atoms with E-state index in [-0.39, 0.29) is 6.10 Å². The third-order valence-electron chi connectivity index (χ3n) is 4.51. The predicted molar refractivity (Wildman–Crippen MR) is 95.3 cm³/mol. The summed E-state index contributed by atoms with van der Waals surface area (Å²) in [4.78, 5) is 9.47. The lowest BCUT2D eigenvalue weighted by Crippen LogP contribution is -2.28. The SMILES string of the molecule is Cn1cc(Cc2nc(NC3CCC(O)CC3)c3sccc3n2)cn1. The van der Waals surface area contributed by atoms with Gasteiger partial charge in [0, 0.05) is 25.7 Å². The summed E-state index contributed by atoms with van der Waals surface area (Å²) >= 11 is 1.67. The minimum atomic E-state index is -0.142. The predicted octanol–water partition coefficient (Wildman–Crippen LogP) is 2.73. The molecule has 1 fully saturated rings. The van der Waals surface area contributed by atoms with Crippen LogP contribution in [0.5, 0.6) is 0 Å². The van der Waals surface area contributed by atoms with Crippen molar-refractivity contribution in [1.29, 1.82) is 0 Å². The van der Waals surface area contributed by atoms with Crippen LogP contribution >= 0.6 is 11.3 Å². The highest BCUT2D eigenvalue weighted by Gasteiger charge is 2.21. The molecule has 4 rings (SSSR count). The molecule has 0 spiro atoms. The average molecular weight is 343 g/mol. The fourth-order valence-electron chi connectivity index (χ4n) is 3.25. The van der Waals surface area contributed by atoms with Crippen molar-refractivity contribution in [3.8, 4) is 0 Å². The molecule has 24 heavy (non-hydrogen) atoms. The summed E-state index contributed by atoms with van der Waals surface area (Å²) < 4.78 is 2.90. The minimum absolute atomic E-state index is 0.142. The molecule has 0 atom stereocenters. The van der Waals surface area contributed by atoms with Crippen molar-refractivity contribution in [2.75, 3.05) is 5.32 Å². The van der Waals surface area contributed by atoms with E-state index in [1.807, 2.05) is 25.5 Å². The van der Waals surface area contributed by atoms with Crippen LogP contribution in [0.15, 0.2) is 23.8 Å². The van der Waals surface area contributed by atoms with Crippen molar-refractivity contribution in [3.63, 3.8) is 0 Å². The maximum atomic E-state index is 9.68. The highest BCUT2D eigenvalue weighted by molar-refractivity contribution is 7.17. The number of aliphatic hydroxyl groups is 1. The number of hydrogen-bond acceptors (Lipinski definition) is 6. The first-order valence-electron chi connectivity index (χ1n) is 8.33. The molecule has 0 unspecified atom stereocenters. The van der Waals surface area contributed by atoms with E-state index < -0.39 is 0 Å². The molecule has 0 amide bonds. The third-order valence-corrected chi connectivity index (χ3v) is 5.42. The van der Waals surface area contributed by atoms with E-state index in [1.54, 1.807) is 16.0 Å². The van der Waals surface area contributed by atoms with Gasteiger partial charge in [-0.2, -0.15) is 5.10 Å². The Kier molecular flexibility index (Phi) is 4.20. The second-order valence-corrected chi connectivity index (χ2v) is 7.39. The van der Waals surface area contributed by atoms with Crippen molar-refractivity contribution in [2.45, 2.75) is 44.2 Å². The molecule has 0 aliphatic heterocycles. The van der Waals surface area contributed by atoms with Crippen LogP contribution < -0.4 is 5.32 Å². The van der Waals surface area contributed by atoms with Gasteiger partial charge in [-0.25, -0.2) is 9.97 Å². The van der Waals surface area contributed by atoms with Crippen molar-refractivity contribution in [3.05, 3.63) is 35.2 Å². The quantitative estimate of drug-likeness (QED) is 0.762. The Hall–Kier alpha value is -1.99. The lowest BCUT2D eigenvalue weighted by Gasteiger charge is -2.26. The Bertz CT molecular complexity index is 834. The number of anilines is 1. The van der Waals surface area contributed by atoms with Crippen LogP contribution in [0.25, 0.3) is 10.2 Å². The molecule has 2 N–H and O–H groups in total. The molecule has 0 aromatic carbocycles. The zero-order valence-electron chi connectivity index (χ0n) is 13.6. The van der Waals surface area contributed by atoms with Gasteiger partial charge >= 0.3 is 0 Å². The Morgan fingerprint density at radius 2 is 2.12 bits per heavy atom. The second kappa shape index (κ2) is 6.49. The molecule has 1 saturated carbocycles. The number of aryl methyl sites for hydroxylation is 1. The molecule has 1 aliphatic rings. The van der Waals surface area contributed by atoms with Gasteiger partial charge in [0.2, 0.25) is 0 Å². The van der Waals surface area contributed by atoms with Gasteiger partial charge in [-0.1, -0.05) is 0 Å². The summed E-state index contributed by atoms with van der Waals surface area (Å²) in [6.07, 6.45) is 8.07. The van der Waals surface area contributed by atoms with Gasteiger partial charge in [0.25, 0.3) is 0 Å². The average Bonchev–Trinajstić information content (AvgIpc) is 3.19. The van der Waals surface area contributed by atoms with Crippen molar-refractivity contribution >= 4 is 27.4 Å². The van der Waals surface area contributed by atoms with Crippen LogP contribution in [0.3, 0.4) is 0 Å². The van der Waals surface area contributed by atoms with Crippen LogP contribution in [0.2, 0.25) is 0 Å². The number of nitrogens with one attached hydrogen (secondary N) is 1. The number of aliphatic hydroxyl groups excluding tert-OH is 1. The smallest absolute Gasteiger partial charge is 0.148 e. The van der Waals surface area contributed by atoms with Crippen LogP contribution in [0, 0.1) is 0 Å². The standard InChI is InChI=1S/C17H21N5OS/c1-22-10-11(9-18-22)8-15-20-14-6-7-24-16(14)17(21-15)19-12-2-4-13(23)5-3-12/h6-7,9-10,12-13,23H,2-5,8H2,1H3,(H,19,20,21). The van der Waals surface area contributed by atoms with Gasteiger partial charge in [0.1, 0.15) is 11.6 Å². The Morgan fingerprint density at radius 3 is 2.88 bits per heavy atom. The molecule has 126 valence electrons. The molecular weight excluding hydrogens is 322 g/mol. The molecule has 7 heteroatoms. The summed E-state index contributed by atoms with van der Waals surface area (Å²) in [7, 11) is 1.91. The normalized spacial score (nSPS) is 21.2. The molecule has 3 aromatic rings. The summed E-state index contributed by atoms with van der Waals surface area (Å²) in [5.74, 6) is 1.74. The molecule has 3 heterocycles. The lowest BCUT2D eigenvalue weighted by molar-refractivity contribution is 0.126. The molecule has 0 radical (unpaired) electrons. The molecule has 3 aromatic heterocycles. The highest BCUT2D eigenvalue weighted by atomic mass is 32.1. The second-order valence-electron chi connectivity index (χ2n) is 6.47. The first-order valence-corrected chi connectivity index (χ1v) is 9.21. The minimum Gasteiger partial charge on any atom is -0.393 e. The third kappa shape index (κ3) is 3.27. The number of fused-ring (bicyclic) bond motifs is 1. The zero-order chi connectivity index (χ0) is 16.5. The van der Waals surface area contributed by atoms with Crippen molar-refractivity contribution in [1.82, 2.24) is 19.7 Å². The first kappa shape index (κ1) is 15.5. The molecule has 0 bridgehead atoms. The van der Waals surface area contributed by atoms with E-state index in [1.165, 1.54) is 0 Å². The van der Waals surface area contributed by atoms with Gasteiger partial charge in [-0.3, -0.25) is 4.68 Å². The first-order chi connectivity index (χ1) is 11.7. The van der Waals surface area contributed by atoms with E-state index in [0.29, 0.717) is 12.5 Å². The topological polar surface area (TPSA) is 75.9 Å². The van der Waals surface area contributed by atoms with Crippen LogP contribution in [0.1, 0.15) is 37.1 Å². The summed E-state index contributed by atoms with van der Waals surface area (Å²) in [6.45, 7) is 0. The van der Waals surface area contributed by atoms with Crippen LogP contribution in [0.4, 0.5) is 5.82 Å². The number of aromatic nitrogens is 4. The summed E-state index contributed by atoms with van der Waals surface area (Å²) in [5.41, 5.74) is 2.10. The van der Waals surface area contributed by atoms with Crippen LogP contribution in [-0.2, 0) is 13.5 Å². The van der Waals surface area contributed by atoms with Crippen LogP contribution in [-0.4, -0.2) is 37.0 Å². The lowest BCUT2D eigenvalue weighted by atomic mass is 9.93. The molecular formula is C17H21N5OS. The zero-order valence-corrected chi connectivity index (χ0v) is 14.5. The Balaban J connectivity index is 1.60. The van der Waals surface area contributed by atoms with Crippen molar-refractivity contribution < 1.29 is 5.11 Å². The van der Waals surface area contributed by atoms with Gasteiger partial charge in [-0.05, 0) is 42.7 Å². The number of hydrogen-bond donors (Lipinski definition) is 2. The van der Waals surface area contributed by atoms with Gasteiger partial charge < -0.3 is 10.4 Å². The maximum Gasteiger partial charge on any atom is 0.148 e. The van der Waals surface area contributed by atoms with E-state index in [4.69, 9.17) is 4.98 Å².